The molecule has 7 heteroatoms. The molecule has 2 rings (SSSR count). The summed E-state index contributed by atoms with van der Waals surface area (Å²) in [4.78, 5) is 29.4. The summed E-state index contributed by atoms with van der Waals surface area (Å²) in [6, 6.07) is 1.78. The summed E-state index contributed by atoms with van der Waals surface area (Å²) in [7, 11) is 0. The molecule has 0 fully saturated rings. The molecule has 7 nitrogen and oxygen atoms in total. The van der Waals surface area contributed by atoms with E-state index in [1.165, 1.54) is 6.20 Å². The van der Waals surface area contributed by atoms with E-state index in [4.69, 9.17) is 0 Å². The highest BCUT2D eigenvalue weighted by Crippen LogP contribution is 2.17. The molecule has 2 heterocycles. The van der Waals surface area contributed by atoms with Crippen molar-refractivity contribution in [1.29, 1.82) is 0 Å². The van der Waals surface area contributed by atoms with Crippen LogP contribution < -0.4 is 16.1 Å². The fraction of sp³-hybridized carbons (Fsp3) is 0.333. The van der Waals surface area contributed by atoms with Crippen LogP contribution in [0.2, 0.25) is 0 Å². The van der Waals surface area contributed by atoms with Crippen molar-refractivity contribution in [3.63, 3.8) is 0 Å². The normalized spacial score (nSPS) is 10.4. The van der Waals surface area contributed by atoms with Crippen molar-refractivity contribution in [2.24, 2.45) is 0 Å². The molecule has 0 saturated carbocycles. The van der Waals surface area contributed by atoms with Crippen molar-refractivity contribution in [3.8, 4) is 11.3 Å². The van der Waals surface area contributed by atoms with Gasteiger partial charge in [-0.05, 0) is 19.9 Å². The Bertz CT molecular complexity index is 672. The van der Waals surface area contributed by atoms with Crippen LogP contribution in [0.25, 0.3) is 11.3 Å². The van der Waals surface area contributed by atoms with Crippen LogP contribution in [0.5, 0.6) is 0 Å². The van der Waals surface area contributed by atoms with E-state index in [0.29, 0.717) is 11.3 Å². The molecular formula is C12H15N5O2. The number of nitrogens with zero attached hydrogens (tertiary/aromatic N) is 3. The Labute approximate surface area is 109 Å². The zero-order chi connectivity index (χ0) is 13.8. The molecule has 19 heavy (non-hydrogen) atoms. The van der Waals surface area contributed by atoms with Crippen LogP contribution in [-0.2, 0) is 0 Å². The van der Waals surface area contributed by atoms with Gasteiger partial charge in [0.1, 0.15) is 5.69 Å². The quantitative estimate of drug-likeness (QED) is 0.829. The standard InChI is InChI=1S/C12H15N5O2/c1-3-17(4-2)8-5-10(16-14-6-8)9-7-13-12(19)15-11(9)18/h5-7H,3-4H2,1-2H3,(H2,13,15,18,19). The van der Waals surface area contributed by atoms with Crippen LogP contribution in [0.3, 0.4) is 0 Å². The molecule has 0 radical (unpaired) electrons. The highest BCUT2D eigenvalue weighted by molar-refractivity contribution is 5.61. The lowest BCUT2D eigenvalue weighted by Crippen LogP contribution is -2.24. The molecule has 0 saturated heterocycles. The van der Waals surface area contributed by atoms with Crippen LogP contribution in [-0.4, -0.2) is 33.3 Å². The third kappa shape index (κ3) is 2.70. The summed E-state index contributed by atoms with van der Waals surface area (Å²) in [5.74, 6) is 0. The van der Waals surface area contributed by atoms with Gasteiger partial charge >= 0.3 is 5.69 Å². The van der Waals surface area contributed by atoms with E-state index in [-0.39, 0.29) is 0 Å². The number of aromatic nitrogens is 4. The van der Waals surface area contributed by atoms with Crippen LogP contribution in [0.4, 0.5) is 5.69 Å². The molecule has 0 amide bonds. The summed E-state index contributed by atoms with van der Waals surface area (Å²) in [5.41, 5.74) is 0.597. The van der Waals surface area contributed by atoms with Crippen molar-refractivity contribution in [2.75, 3.05) is 18.0 Å². The number of rotatable bonds is 4. The zero-order valence-corrected chi connectivity index (χ0v) is 10.8. The first kappa shape index (κ1) is 13.0. The second-order valence-electron chi connectivity index (χ2n) is 3.96. The molecule has 2 aromatic rings. The lowest BCUT2D eigenvalue weighted by atomic mass is 10.2. The minimum absolute atomic E-state index is 0.293. The van der Waals surface area contributed by atoms with Gasteiger partial charge in [-0.1, -0.05) is 0 Å². The number of aromatic amines is 2. The summed E-state index contributed by atoms with van der Waals surface area (Å²) >= 11 is 0. The van der Waals surface area contributed by atoms with E-state index in [2.05, 4.69) is 25.1 Å². The molecule has 0 atom stereocenters. The molecule has 2 N–H and O–H groups in total. The number of hydrogen-bond acceptors (Lipinski definition) is 5. The van der Waals surface area contributed by atoms with E-state index >= 15 is 0 Å². The second-order valence-corrected chi connectivity index (χ2v) is 3.96. The van der Waals surface area contributed by atoms with Crippen molar-refractivity contribution in [1.82, 2.24) is 20.2 Å². The van der Waals surface area contributed by atoms with Gasteiger partial charge in [0.2, 0.25) is 0 Å². The van der Waals surface area contributed by atoms with Gasteiger partial charge in [0.05, 0.1) is 17.4 Å². The SMILES string of the molecule is CCN(CC)c1cnnc(-c2c[nH]c(=O)[nH]c2=O)c1. The van der Waals surface area contributed by atoms with E-state index in [9.17, 15) is 9.59 Å². The minimum atomic E-state index is -0.540. The maximum atomic E-state index is 11.7. The lowest BCUT2D eigenvalue weighted by Gasteiger charge is -2.20. The van der Waals surface area contributed by atoms with Crippen molar-refractivity contribution in [3.05, 3.63) is 39.3 Å². The molecule has 0 aliphatic heterocycles. The van der Waals surface area contributed by atoms with Gasteiger partial charge in [0.15, 0.2) is 0 Å². The fourth-order valence-electron chi connectivity index (χ4n) is 1.85. The van der Waals surface area contributed by atoms with Crippen LogP contribution in [0.15, 0.2) is 28.0 Å². The monoisotopic (exact) mass is 261 g/mol. The Hall–Kier alpha value is -2.44. The average molecular weight is 261 g/mol. The summed E-state index contributed by atoms with van der Waals surface area (Å²) in [5, 5.41) is 7.84. The maximum absolute atomic E-state index is 11.7. The minimum Gasteiger partial charge on any atom is -0.371 e. The van der Waals surface area contributed by atoms with Crippen LogP contribution in [0.1, 0.15) is 13.8 Å². The lowest BCUT2D eigenvalue weighted by molar-refractivity contribution is 0.854. The predicted molar refractivity (Wildman–Crippen MR) is 72.3 cm³/mol. The molecule has 0 aliphatic rings. The molecule has 0 bridgehead atoms. The largest absolute Gasteiger partial charge is 0.371 e. The Morgan fingerprint density at radius 1 is 1.26 bits per heavy atom. The molecule has 0 aromatic carbocycles. The van der Waals surface area contributed by atoms with Crippen molar-refractivity contribution >= 4 is 5.69 Å². The summed E-state index contributed by atoms with van der Waals surface area (Å²) in [6.45, 7) is 5.75. The Balaban J connectivity index is 2.49. The van der Waals surface area contributed by atoms with E-state index in [1.54, 1.807) is 12.3 Å². The molecule has 100 valence electrons. The zero-order valence-electron chi connectivity index (χ0n) is 10.8. The molecule has 2 aromatic heterocycles. The highest BCUT2D eigenvalue weighted by Gasteiger charge is 2.09. The van der Waals surface area contributed by atoms with Crippen molar-refractivity contribution < 1.29 is 0 Å². The van der Waals surface area contributed by atoms with Gasteiger partial charge < -0.3 is 9.88 Å². The maximum Gasteiger partial charge on any atom is 0.325 e. The first-order valence-electron chi connectivity index (χ1n) is 6.05. The Morgan fingerprint density at radius 3 is 2.63 bits per heavy atom. The molecule has 0 unspecified atom stereocenters. The first-order chi connectivity index (χ1) is 9.15. The molecular weight excluding hydrogens is 246 g/mol. The van der Waals surface area contributed by atoms with Crippen LogP contribution >= 0.6 is 0 Å². The Morgan fingerprint density at radius 2 is 2.00 bits per heavy atom. The van der Waals surface area contributed by atoms with Gasteiger partial charge in [-0.2, -0.15) is 10.2 Å². The predicted octanol–water partition coefficient (Wildman–Crippen LogP) is 0.366. The topological polar surface area (TPSA) is 94.7 Å². The summed E-state index contributed by atoms with van der Waals surface area (Å²) in [6.07, 6.45) is 2.99. The third-order valence-corrected chi connectivity index (χ3v) is 2.86. The summed E-state index contributed by atoms with van der Waals surface area (Å²) < 4.78 is 0. The van der Waals surface area contributed by atoms with E-state index in [1.807, 2.05) is 13.8 Å². The highest BCUT2D eigenvalue weighted by atomic mass is 16.2. The van der Waals surface area contributed by atoms with Gasteiger partial charge in [0, 0.05) is 19.3 Å². The second kappa shape index (κ2) is 5.47. The van der Waals surface area contributed by atoms with E-state index < -0.39 is 11.2 Å². The molecule has 0 spiro atoms. The van der Waals surface area contributed by atoms with Gasteiger partial charge in [-0.15, -0.1) is 0 Å². The number of anilines is 1. The number of H-pyrrole nitrogens is 2. The average Bonchev–Trinajstić information content (AvgIpc) is 2.40. The fourth-order valence-corrected chi connectivity index (χ4v) is 1.85. The first-order valence-corrected chi connectivity index (χ1v) is 6.05. The molecule has 0 aliphatic carbocycles. The van der Waals surface area contributed by atoms with Gasteiger partial charge in [0.25, 0.3) is 5.56 Å². The van der Waals surface area contributed by atoms with Crippen molar-refractivity contribution in [2.45, 2.75) is 13.8 Å². The third-order valence-electron chi connectivity index (χ3n) is 2.86. The Kier molecular flexibility index (Phi) is 3.74. The van der Waals surface area contributed by atoms with Gasteiger partial charge in [-0.3, -0.25) is 9.78 Å². The van der Waals surface area contributed by atoms with Gasteiger partial charge in [-0.25, -0.2) is 4.79 Å². The number of nitrogens with one attached hydrogen (secondary N) is 2. The smallest absolute Gasteiger partial charge is 0.325 e. The number of hydrogen-bond donors (Lipinski definition) is 2. The van der Waals surface area contributed by atoms with Crippen LogP contribution in [0, 0.1) is 0 Å². The van der Waals surface area contributed by atoms with E-state index in [0.717, 1.165) is 18.8 Å².